The fraction of sp³-hybridized carbons (Fsp3) is 0.154. The molecule has 0 atom stereocenters. The molecule has 1 aromatic carbocycles. The molecule has 0 fully saturated rings. The predicted octanol–water partition coefficient (Wildman–Crippen LogP) is -0.345. The Labute approximate surface area is 155 Å². The van der Waals surface area contributed by atoms with E-state index in [1.807, 2.05) is 19.1 Å². The van der Waals surface area contributed by atoms with Gasteiger partial charge in [-0.15, -0.1) is 0 Å². The van der Waals surface area contributed by atoms with Crippen LogP contribution in [-0.4, -0.2) is 21.2 Å². The van der Waals surface area contributed by atoms with Crippen molar-refractivity contribution in [3.8, 4) is 5.75 Å². The first kappa shape index (κ1) is 17.7. The maximum absolute atomic E-state index is 10.8. The van der Waals surface area contributed by atoms with Gasteiger partial charge >= 0.3 is 64.2 Å². The van der Waals surface area contributed by atoms with Gasteiger partial charge in [0.2, 0.25) is 0 Å². The second-order valence-electron chi connectivity index (χ2n) is 3.49. The summed E-state index contributed by atoms with van der Waals surface area (Å²) < 4.78 is 0. The number of carboxylic acid groups (broad SMARTS) is 1. The van der Waals surface area contributed by atoms with E-state index in [4.69, 9.17) is 5.11 Å². The summed E-state index contributed by atoms with van der Waals surface area (Å²) in [6.45, 7) is 1.95. The van der Waals surface area contributed by atoms with Gasteiger partial charge in [-0.25, -0.2) is 9.78 Å². The number of hydrogen-bond acceptors (Lipinski definition) is 3. The van der Waals surface area contributed by atoms with Crippen LogP contribution in [0.1, 0.15) is 23.0 Å². The number of carboxylic acids is 1. The Balaban J connectivity index is 0.00000144. The second kappa shape index (κ2) is 7.33. The monoisotopic (exact) mass is 317 g/mol. The third-order valence-electron chi connectivity index (χ3n) is 2.49. The van der Waals surface area contributed by atoms with E-state index >= 15 is 0 Å². The number of aromatic hydroxyl groups is 1. The van der Waals surface area contributed by atoms with Gasteiger partial charge in [0.25, 0.3) is 0 Å². The molecule has 4 nitrogen and oxygen atoms in total. The van der Waals surface area contributed by atoms with E-state index in [-0.39, 0.29) is 76.9 Å². The maximum atomic E-state index is 10.8. The van der Waals surface area contributed by atoms with Crippen LogP contribution < -0.4 is 58.2 Å². The van der Waals surface area contributed by atoms with Crippen molar-refractivity contribution in [2.75, 3.05) is 0 Å². The fourth-order valence-corrected chi connectivity index (χ4v) is 1.58. The number of pyridine rings is 1. The van der Waals surface area contributed by atoms with Crippen LogP contribution in [0, 0.1) is 7.43 Å². The van der Waals surface area contributed by atoms with E-state index in [0.717, 1.165) is 17.5 Å². The molecule has 0 aliphatic rings. The van der Waals surface area contributed by atoms with Gasteiger partial charge in [0.05, 0.1) is 0 Å². The summed E-state index contributed by atoms with van der Waals surface area (Å²) in [5.41, 5.74) is 1.05. The van der Waals surface area contributed by atoms with E-state index in [1.165, 1.54) is 6.07 Å². The average Bonchev–Trinajstić information content (AvgIpc) is 2.28. The molecule has 5 heteroatoms. The van der Waals surface area contributed by atoms with E-state index in [2.05, 4.69) is 4.98 Å². The molecular weight excluding hydrogens is 304 g/mol. The largest absolute Gasteiger partial charge is 1.00 e. The third-order valence-corrected chi connectivity index (χ3v) is 2.49. The van der Waals surface area contributed by atoms with Crippen molar-refractivity contribution in [3.05, 3.63) is 42.9 Å². The van der Waals surface area contributed by atoms with Crippen LogP contribution >= 0.6 is 0 Å². The van der Waals surface area contributed by atoms with E-state index < -0.39 is 5.97 Å². The molecule has 0 radical (unpaired) electrons. The van der Waals surface area contributed by atoms with Gasteiger partial charge in [-0.1, -0.05) is 19.1 Å². The average molecular weight is 318 g/mol. The summed E-state index contributed by atoms with van der Waals surface area (Å²) in [6, 6.07) is 6.72. The first-order valence-electron chi connectivity index (χ1n) is 4.98. The second-order valence-corrected chi connectivity index (χ2v) is 3.49. The number of fused-ring (bicyclic) bond motifs is 1. The smallest absolute Gasteiger partial charge is 0.505 e. The van der Waals surface area contributed by atoms with E-state index in [1.54, 1.807) is 6.07 Å². The number of rotatable bonds is 2. The summed E-state index contributed by atoms with van der Waals surface area (Å²) in [6.07, 6.45) is 0.743. The van der Waals surface area contributed by atoms with Crippen molar-refractivity contribution in [1.82, 2.24) is 4.98 Å². The molecule has 2 rings (SSSR count). The molecule has 90 valence electrons. The van der Waals surface area contributed by atoms with Crippen LogP contribution in [0.25, 0.3) is 10.9 Å². The Morgan fingerprint density at radius 1 is 1.28 bits per heavy atom. The number of nitrogens with zero attached hydrogens (tertiary/aromatic N) is 1. The molecule has 0 saturated heterocycles. The van der Waals surface area contributed by atoms with Gasteiger partial charge in [0.1, 0.15) is 11.1 Å². The number of hydrogen-bond donors (Lipinski definition) is 2. The van der Waals surface area contributed by atoms with Gasteiger partial charge in [-0.2, -0.15) is 0 Å². The molecule has 0 aliphatic heterocycles. The first-order valence-corrected chi connectivity index (χ1v) is 4.98. The molecule has 0 spiro atoms. The number of aromatic carboxylic acids is 1. The minimum absolute atomic E-state index is 0. The normalized spacial score (nSPS) is 9.39. The Hall–Kier alpha value is -0.295. The summed E-state index contributed by atoms with van der Waals surface area (Å²) in [4.78, 5) is 15.1. The summed E-state index contributed by atoms with van der Waals surface area (Å²) in [5.74, 6) is -1.41. The Kier molecular flexibility index (Phi) is 7.21. The quantitative estimate of drug-likeness (QED) is 0.743. The minimum Gasteiger partial charge on any atom is -0.505 e. The SMILES string of the molecule is CCc1ccc2ccc(C(=O)O)c(O)c2n1.[CH3-].[Rb+]. The zero-order valence-corrected chi connectivity index (χ0v) is 15.7. The van der Waals surface area contributed by atoms with E-state index in [9.17, 15) is 9.90 Å². The van der Waals surface area contributed by atoms with Crippen molar-refractivity contribution in [2.45, 2.75) is 13.3 Å². The molecule has 0 bridgehead atoms. The van der Waals surface area contributed by atoms with Crippen LogP contribution in [0.3, 0.4) is 0 Å². The molecule has 0 aliphatic carbocycles. The van der Waals surface area contributed by atoms with E-state index in [0.29, 0.717) is 5.52 Å². The van der Waals surface area contributed by atoms with Crippen LogP contribution in [0.5, 0.6) is 5.75 Å². The molecule has 2 aromatic rings. The fourth-order valence-electron chi connectivity index (χ4n) is 1.58. The van der Waals surface area contributed by atoms with Crippen molar-refractivity contribution in [2.24, 2.45) is 0 Å². The van der Waals surface area contributed by atoms with Crippen LogP contribution in [0.15, 0.2) is 24.3 Å². The molecule has 18 heavy (non-hydrogen) atoms. The molecule has 0 saturated carbocycles. The number of phenols is 1. The number of aromatic nitrogens is 1. The molecule has 2 N–H and O–H groups in total. The van der Waals surface area contributed by atoms with Gasteiger partial charge in [-0.3, -0.25) is 0 Å². The Bertz CT molecular complexity index is 569. The Morgan fingerprint density at radius 3 is 2.44 bits per heavy atom. The minimum atomic E-state index is -1.15. The van der Waals surface area contributed by atoms with Crippen molar-refractivity contribution >= 4 is 16.9 Å². The first-order chi connectivity index (χ1) is 7.63. The van der Waals surface area contributed by atoms with Crippen LogP contribution in [0.2, 0.25) is 0 Å². The van der Waals surface area contributed by atoms with Gasteiger partial charge < -0.3 is 17.6 Å². The van der Waals surface area contributed by atoms with Crippen molar-refractivity contribution < 1.29 is 73.2 Å². The molecule has 1 heterocycles. The third kappa shape index (κ3) is 3.38. The predicted molar refractivity (Wildman–Crippen MR) is 66.2 cm³/mol. The summed E-state index contributed by atoms with van der Waals surface area (Å²) in [7, 11) is 0. The standard InChI is InChI=1S/C12H11NO3.CH3.Rb/c1-2-8-5-3-7-4-6-9(12(15)16)11(14)10(7)13-8;;/h3-6,14H,2H2,1H3,(H,15,16);1H3;/q;-1;+1. The zero-order chi connectivity index (χ0) is 11.7. The van der Waals surface area contributed by atoms with Gasteiger partial charge in [0, 0.05) is 11.1 Å². The maximum Gasteiger partial charge on any atom is 1.00 e. The van der Waals surface area contributed by atoms with Gasteiger partial charge in [0.15, 0.2) is 5.75 Å². The number of benzene rings is 1. The van der Waals surface area contributed by atoms with Crippen molar-refractivity contribution in [1.29, 1.82) is 0 Å². The Morgan fingerprint density at radius 2 is 1.89 bits per heavy atom. The number of carbonyl (C=O) groups is 1. The van der Waals surface area contributed by atoms with Crippen molar-refractivity contribution in [3.63, 3.8) is 0 Å². The van der Waals surface area contributed by atoms with Crippen LogP contribution in [0.4, 0.5) is 0 Å². The van der Waals surface area contributed by atoms with Crippen LogP contribution in [-0.2, 0) is 6.42 Å². The molecule has 0 amide bonds. The molecule has 1 aromatic heterocycles. The number of aryl methyl sites for hydroxylation is 1. The summed E-state index contributed by atoms with van der Waals surface area (Å²) in [5, 5.41) is 19.4. The van der Waals surface area contributed by atoms with Gasteiger partial charge in [-0.05, 0) is 18.6 Å². The summed E-state index contributed by atoms with van der Waals surface area (Å²) >= 11 is 0. The zero-order valence-electron chi connectivity index (χ0n) is 10.8. The molecule has 0 unspecified atom stereocenters. The molecular formula is C13H14NO3Rb. The topological polar surface area (TPSA) is 70.4 Å².